The second-order valence-electron chi connectivity index (χ2n) is 5.79. The number of nitrogens with one attached hydrogen (secondary N) is 2. The molecule has 2 rings (SSSR count). The predicted octanol–water partition coefficient (Wildman–Crippen LogP) is 2.47. The molecule has 0 radical (unpaired) electrons. The smallest absolute Gasteiger partial charge is 0.238 e. The van der Waals surface area contributed by atoms with Crippen LogP contribution in [-0.4, -0.2) is 43.5 Å². The molecule has 0 aliphatic carbocycles. The Bertz CT molecular complexity index is 845. The normalized spacial score (nSPS) is 10.1. The number of likely N-dealkylation sites (N-methyl/N-ethyl adjacent to an activating group) is 1. The third-order valence-corrected chi connectivity index (χ3v) is 3.84. The van der Waals surface area contributed by atoms with E-state index in [1.807, 2.05) is 19.1 Å². The number of benzene rings is 2. The second kappa shape index (κ2) is 9.94. The van der Waals surface area contributed by atoms with Crippen molar-refractivity contribution >= 4 is 23.2 Å². The van der Waals surface area contributed by atoms with Crippen molar-refractivity contribution < 1.29 is 14.3 Å². The van der Waals surface area contributed by atoms with Crippen LogP contribution in [0.2, 0.25) is 0 Å². The maximum Gasteiger partial charge on any atom is 0.238 e. The molecule has 0 spiro atoms. The van der Waals surface area contributed by atoms with Gasteiger partial charge in [-0.3, -0.25) is 14.5 Å². The number of ether oxygens (including phenoxy) is 1. The third-order valence-electron chi connectivity index (χ3n) is 3.84. The van der Waals surface area contributed by atoms with E-state index in [4.69, 9.17) is 10.00 Å². The zero-order valence-corrected chi connectivity index (χ0v) is 15.4. The van der Waals surface area contributed by atoms with Crippen LogP contribution in [0.4, 0.5) is 11.4 Å². The van der Waals surface area contributed by atoms with Crippen LogP contribution in [0.1, 0.15) is 12.5 Å². The summed E-state index contributed by atoms with van der Waals surface area (Å²) in [6.45, 7) is 2.54. The topological polar surface area (TPSA) is 94.5 Å². The number of rotatable bonds is 8. The molecule has 0 atom stereocenters. The van der Waals surface area contributed by atoms with Crippen LogP contribution in [-0.2, 0) is 9.59 Å². The molecule has 0 saturated heterocycles. The van der Waals surface area contributed by atoms with Gasteiger partial charge in [-0.2, -0.15) is 5.26 Å². The maximum absolute atomic E-state index is 12.3. The number of anilines is 2. The molecule has 0 fully saturated rings. The van der Waals surface area contributed by atoms with Crippen LogP contribution in [0, 0.1) is 11.3 Å². The van der Waals surface area contributed by atoms with Gasteiger partial charge in [-0.15, -0.1) is 0 Å². The van der Waals surface area contributed by atoms with Gasteiger partial charge in [0.05, 0.1) is 37.5 Å². The lowest BCUT2D eigenvalue weighted by molar-refractivity contribution is -0.119. The summed E-state index contributed by atoms with van der Waals surface area (Å²) in [6, 6.07) is 15.8. The van der Waals surface area contributed by atoms with Gasteiger partial charge in [-0.1, -0.05) is 25.1 Å². The van der Waals surface area contributed by atoms with Crippen molar-refractivity contribution in [2.24, 2.45) is 0 Å². The maximum atomic E-state index is 12.3. The summed E-state index contributed by atoms with van der Waals surface area (Å²) in [7, 11) is 1.54. The number of hydrogen-bond donors (Lipinski definition) is 2. The highest BCUT2D eigenvalue weighted by Crippen LogP contribution is 2.22. The molecule has 2 amide bonds. The molecule has 27 heavy (non-hydrogen) atoms. The monoisotopic (exact) mass is 366 g/mol. The third kappa shape index (κ3) is 6.13. The molecule has 0 saturated carbocycles. The van der Waals surface area contributed by atoms with E-state index in [-0.39, 0.29) is 24.9 Å². The number of methoxy groups -OCH3 is 1. The second-order valence-corrected chi connectivity index (χ2v) is 5.79. The fourth-order valence-corrected chi connectivity index (χ4v) is 2.49. The predicted molar refractivity (Wildman–Crippen MR) is 104 cm³/mol. The highest BCUT2D eigenvalue weighted by Gasteiger charge is 2.14. The molecule has 0 heterocycles. The molecule has 0 bridgehead atoms. The Labute approximate surface area is 158 Å². The highest BCUT2D eigenvalue weighted by atomic mass is 16.5. The van der Waals surface area contributed by atoms with E-state index >= 15 is 0 Å². The minimum atomic E-state index is -0.253. The van der Waals surface area contributed by atoms with Crippen LogP contribution < -0.4 is 15.4 Å². The quantitative estimate of drug-likeness (QED) is 0.748. The summed E-state index contributed by atoms with van der Waals surface area (Å²) in [5.41, 5.74) is 1.60. The number of carbonyl (C=O) groups excluding carboxylic acids is 2. The van der Waals surface area contributed by atoms with Crippen LogP contribution in [0.3, 0.4) is 0 Å². The van der Waals surface area contributed by atoms with Gasteiger partial charge >= 0.3 is 0 Å². The standard InChI is InChI=1S/C20H22N4O3/c1-3-24(13-19(25)22-16-8-6-7-15(11-16)12-21)14-20(26)23-17-9-4-5-10-18(17)27-2/h4-11H,3,13-14H2,1-2H3,(H,22,25)(H,23,26). The average molecular weight is 366 g/mol. The molecule has 7 heteroatoms. The van der Waals surface area contributed by atoms with Crippen molar-refractivity contribution in [1.82, 2.24) is 4.90 Å². The largest absolute Gasteiger partial charge is 0.495 e. The lowest BCUT2D eigenvalue weighted by Gasteiger charge is -2.19. The zero-order chi connectivity index (χ0) is 19.6. The van der Waals surface area contributed by atoms with Gasteiger partial charge in [0.2, 0.25) is 11.8 Å². The molecule has 2 aromatic carbocycles. The van der Waals surface area contributed by atoms with E-state index in [9.17, 15) is 9.59 Å². The first-order valence-electron chi connectivity index (χ1n) is 8.51. The van der Waals surface area contributed by atoms with E-state index in [2.05, 4.69) is 10.6 Å². The molecule has 0 unspecified atom stereocenters. The lowest BCUT2D eigenvalue weighted by Crippen LogP contribution is -2.38. The molecular weight excluding hydrogens is 344 g/mol. The SMILES string of the molecule is CCN(CC(=O)Nc1cccc(C#N)c1)CC(=O)Nc1ccccc1OC. The number of carbonyl (C=O) groups is 2. The Morgan fingerprint density at radius 1 is 1.07 bits per heavy atom. The Hall–Kier alpha value is -3.37. The molecule has 0 aliphatic heterocycles. The van der Waals surface area contributed by atoms with Gasteiger partial charge in [0, 0.05) is 5.69 Å². The van der Waals surface area contributed by atoms with Crippen molar-refractivity contribution in [3.63, 3.8) is 0 Å². The number of nitrogens with zero attached hydrogens (tertiary/aromatic N) is 2. The molecular formula is C20H22N4O3. The molecule has 2 aromatic rings. The van der Waals surface area contributed by atoms with Gasteiger partial charge in [-0.25, -0.2) is 0 Å². The Morgan fingerprint density at radius 3 is 2.44 bits per heavy atom. The fourth-order valence-electron chi connectivity index (χ4n) is 2.49. The van der Waals surface area contributed by atoms with Crippen molar-refractivity contribution in [2.75, 3.05) is 37.4 Å². The molecule has 140 valence electrons. The van der Waals surface area contributed by atoms with Crippen molar-refractivity contribution in [3.8, 4) is 11.8 Å². The van der Waals surface area contributed by atoms with Crippen molar-refractivity contribution in [1.29, 1.82) is 5.26 Å². The summed E-state index contributed by atoms with van der Waals surface area (Å²) >= 11 is 0. The van der Waals surface area contributed by atoms with E-state index < -0.39 is 0 Å². The first kappa shape index (κ1) is 19.9. The fraction of sp³-hybridized carbons (Fsp3) is 0.250. The summed E-state index contributed by atoms with van der Waals surface area (Å²) in [5.74, 6) is 0.0849. The van der Waals surface area contributed by atoms with Crippen LogP contribution in [0.15, 0.2) is 48.5 Å². The van der Waals surface area contributed by atoms with Gasteiger partial charge < -0.3 is 15.4 Å². The van der Waals surface area contributed by atoms with Crippen LogP contribution in [0.25, 0.3) is 0 Å². The molecule has 7 nitrogen and oxygen atoms in total. The van der Waals surface area contributed by atoms with Crippen LogP contribution in [0.5, 0.6) is 5.75 Å². The van der Waals surface area contributed by atoms with Gasteiger partial charge in [0.1, 0.15) is 5.75 Å². The number of nitriles is 1. The van der Waals surface area contributed by atoms with Crippen molar-refractivity contribution in [3.05, 3.63) is 54.1 Å². The van der Waals surface area contributed by atoms with E-state index in [0.29, 0.717) is 29.2 Å². The van der Waals surface area contributed by atoms with Crippen LogP contribution >= 0.6 is 0 Å². The minimum Gasteiger partial charge on any atom is -0.495 e. The van der Waals surface area contributed by atoms with E-state index in [0.717, 1.165) is 0 Å². The summed E-state index contributed by atoms with van der Waals surface area (Å²) in [6.07, 6.45) is 0. The number of para-hydroxylation sites is 2. The summed E-state index contributed by atoms with van der Waals surface area (Å²) in [4.78, 5) is 26.2. The first-order chi connectivity index (χ1) is 13.0. The van der Waals surface area contributed by atoms with Gasteiger partial charge in [0.25, 0.3) is 0 Å². The van der Waals surface area contributed by atoms with Gasteiger partial charge in [0.15, 0.2) is 0 Å². The van der Waals surface area contributed by atoms with E-state index in [1.165, 1.54) is 7.11 Å². The average Bonchev–Trinajstić information content (AvgIpc) is 2.67. The summed E-state index contributed by atoms with van der Waals surface area (Å²) < 4.78 is 5.21. The number of amides is 2. The Morgan fingerprint density at radius 2 is 1.78 bits per heavy atom. The first-order valence-corrected chi connectivity index (χ1v) is 8.51. The Kier molecular flexibility index (Phi) is 7.35. The van der Waals surface area contributed by atoms with Gasteiger partial charge in [-0.05, 0) is 36.9 Å². The van der Waals surface area contributed by atoms with Crippen molar-refractivity contribution in [2.45, 2.75) is 6.92 Å². The highest BCUT2D eigenvalue weighted by molar-refractivity contribution is 5.95. The minimum absolute atomic E-state index is 0.0621. The molecule has 2 N–H and O–H groups in total. The summed E-state index contributed by atoms with van der Waals surface area (Å²) in [5, 5.41) is 14.4. The Balaban J connectivity index is 1.91. The lowest BCUT2D eigenvalue weighted by atomic mass is 10.2. The molecule has 0 aliphatic rings. The number of hydrogen-bond acceptors (Lipinski definition) is 5. The van der Waals surface area contributed by atoms with E-state index in [1.54, 1.807) is 47.4 Å². The zero-order valence-electron chi connectivity index (χ0n) is 15.4. The molecule has 0 aromatic heterocycles.